The Labute approximate surface area is 163 Å². The number of hydrogen-bond acceptors (Lipinski definition) is 4. The van der Waals surface area contributed by atoms with Gasteiger partial charge in [0, 0.05) is 11.8 Å². The van der Waals surface area contributed by atoms with E-state index in [4.69, 9.17) is 9.47 Å². The van der Waals surface area contributed by atoms with Gasteiger partial charge in [-0.3, -0.25) is 4.79 Å². The fourth-order valence-corrected chi connectivity index (χ4v) is 8.45. The lowest BCUT2D eigenvalue weighted by atomic mass is 9.44. The van der Waals surface area contributed by atoms with E-state index in [1.807, 2.05) is 0 Å². The van der Waals surface area contributed by atoms with Gasteiger partial charge in [-0.2, -0.15) is 0 Å². The molecule has 0 unspecified atom stereocenters. The molecule has 7 atom stereocenters. The third-order valence-corrected chi connectivity index (χ3v) is 10.2. The zero-order valence-electron chi connectivity index (χ0n) is 17.3. The summed E-state index contributed by atoms with van der Waals surface area (Å²) in [5.41, 5.74) is -0.634. The van der Waals surface area contributed by atoms with Gasteiger partial charge in [-0.15, -0.1) is 0 Å². The molecule has 4 aliphatic carbocycles. The molecule has 0 bridgehead atoms. The Kier molecular flexibility index (Phi) is 3.99. The van der Waals surface area contributed by atoms with Crippen LogP contribution in [0.15, 0.2) is 0 Å². The van der Waals surface area contributed by atoms with Gasteiger partial charge in [0.05, 0.1) is 13.2 Å². The summed E-state index contributed by atoms with van der Waals surface area (Å²) in [7, 11) is 0. The fraction of sp³-hybridized carbons (Fsp3) is 0.957. The average molecular weight is 377 g/mol. The van der Waals surface area contributed by atoms with Crippen LogP contribution < -0.4 is 0 Å². The van der Waals surface area contributed by atoms with Crippen LogP contribution in [0.25, 0.3) is 0 Å². The highest BCUT2D eigenvalue weighted by atomic mass is 16.7. The highest BCUT2D eigenvalue weighted by molar-refractivity contribution is 5.84. The molecule has 4 heteroatoms. The molecular weight excluding hydrogens is 340 g/mol. The van der Waals surface area contributed by atoms with Crippen LogP contribution in [0.5, 0.6) is 0 Å². The Hall–Kier alpha value is -0.450. The van der Waals surface area contributed by atoms with Gasteiger partial charge in [-0.05, 0) is 87.4 Å². The molecule has 1 saturated heterocycles. The minimum Gasteiger partial charge on any atom is -0.382 e. The van der Waals surface area contributed by atoms with Crippen LogP contribution in [-0.4, -0.2) is 35.5 Å². The number of ketones is 1. The SMILES string of the molecule is CC(=O)[C@]1(O)CC[C@@]2(C)[C@@H](CC[C@@H]3[C@H]2CC[C@@]2(C)[C@H]3CCC23OCCO3)C1. The summed E-state index contributed by atoms with van der Waals surface area (Å²) in [6.45, 7) is 7.99. The topological polar surface area (TPSA) is 55.8 Å². The molecule has 1 N–H and O–H groups in total. The Morgan fingerprint density at radius 3 is 2.33 bits per heavy atom. The van der Waals surface area contributed by atoms with E-state index in [-0.39, 0.29) is 22.4 Å². The first-order valence-electron chi connectivity index (χ1n) is 11.3. The normalized spacial score (nSPS) is 53.6. The first kappa shape index (κ1) is 18.6. The van der Waals surface area contributed by atoms with Crippen molar-refractivity contribution in [2.75, 3.05) is 13.2 Å². The standard InChI is InChI=1S/C23H36O4/c1-15(24)22(25)11-10-20(2)16(14-22)4-5-17-18(20)6-8-21(3)19(17)7-9-23(21)26-12-13-27-23/h16-19,25H,4-14H2,1-3H3/t16-,17+,18+,19-,20-,21-,22-/m0/s1. The summed E-state index contributed by atoms with van der Waals surface area (Å²) in [6.07, 6.45) is 9.46. The molecule has 1 heterocycles. The maximum absolute atomic E-state index is 12.0. The minimum atomic E-state index is -1.07. The number of aliphatic hydroxyl groups is 1. The smallest absolute Gasteiger partial charge is 0.174 e. The van der Waals surface area contributed by atoms with Crippen molar-refractivity contribution >= 4 is 5.78 Å². The van der Waals surface area contributed by atoms with Gasteiger partial charge in [-0.25, -0.2) is 0 Å². The molecule has 0 aromatic carbocycles. The number of ether oxygens (including phenoxy) is 2. The third kappa shape index (κ3) is 2.30. The number of hydrogen-bond donors (Lipinski definition) is 1. The first-order chi connectivity index (χ1) is 12.7. The van der Waals surface area contributed by atoms with Crippen molar-refractivity contribution in [2.45, 2.75) is 89.9 Å². The van der Waals surface area contributed by atoms with Crippen LogP contribution in [0, 0.1) is 34.5 Å². The van der Waals surface area contributed by atoms with Crippen molar-refractivity contribution in [1.29, 1.82) is 0 Å². The lowest BCUT2D eigenvalue weighted by Crippen LogP contribution is -2.59. The second-order valence-corrected chi connectivity index (χ2v) is 10.9. The second kappa shape index (κ2) is 5.79. The van der Waals surface area contributed by atoms with Gasteiger partial charge in [0.2, 0.25) is 0 Å². The third-order valence-electron chi connectivity index (χ3n) is 10.2. The van der Waals surface area contributed by atoms with Crippen LogP contribution in [0.2, 0.25) is 0 Å². The molecule has 0 radical (unpaired) electrons. The van der Waals surface area contributed by atoms with E-state index in [2.05, 4.69) is 13.8 Å². The summed E-state index contributed by atoms with van der Waals surface area (Å²) in [6, 6.07) is 0. The lowest BCUT2D eigenvalue weighted by Gasteiger charge is -2.62. The van der Waals surface area contributed by atoms with Crippen molar-refractivity contribution in [3.8, 4) is 0 Å². The molecule has 4 saturated carbocycles. The summed E-state index contributed by atoms with van der Waals surface area (Å²) in [5.74, 6) is 2.31. The Bertz CT molecular complexity index is 640. The van der Waals surface area contributed by atoms with Gasteiger partial charge in [-0.1, -0.05) is 13.8 Å². The van der Waals surface area contributed by atoms with E-state index in [0.29, 0.717) is 24.7 Å². The molecule has 27 heavy (non-hydrogen) atoms. The quantitative estimate of drug-likeness (QED) is 0.749. The summed E-state index contributed by atoms with van der Waals surface area (Å²) >= 11 is 0. The lowest BCUT2D eigenvalue weighted by molar-refractivity contribution is -0.248. The number of carbonyl (C=O) groups is 1. The van der Waals surface area contributed by atoms with Crippen molar-refractivity contribution in [3.63, 3.8) is 0 Å². The molecule has 0 aromatic heterocycles. The van der Waals surface area contributed by atoms with Gasteiger partial charge in [0.25, 0.3) is 0 Å². The second-order valence-electron chi connectivity index (χ2n) is 10.9. The monoisotopic (exact) mass is 376 g/mol. The molecular formula is C23H36O4. The van der Waals surface area contributed by atoms with E-state index in [1.54, 1.807) is 6.92 Å². The van der Waals surface area contributed by atoms with E-state index >= 15 is 0 Å². The number of Topliss-reactive ketones (excluding diaryl/α,β-unsaturated/α-hetero) is 1. The highest BCUT2D eigenvalue weighted by Gasteiger charge is 2.67. The minimum absolute atomic E-state index is 0.0313. The molecule has 1 aliphatic heterocycles. The molecule has 1 spiro atoms. The maximum atomic E-state index is 12.0. The van der Waals surface area contributed by atoms with Crippen LogP contribution in [-0.2, 0) is 14.3 Å². The average Bonchev–Trinajstić information content (AvgIpc) is 3.22. The van der Waals surface area contributed by atoms with Crippen LogP contribution in [0.3, 0.4) is 0 Å². The van der Waals surface area contributed by atoms with Crippen LogP contribution in [0.1, 0.15) is 78.6 Å². The van der Waals surface area contributed by atoms with Crippen molar-refractivity contribution < 1.29 is 19.4 Å². The van der Waals surface area contributed by atoms with Gasteiger partial charge >= 0.3 is 0 Å². The van der Waals surface area contributed by atoms with E-state index < -0.39 is 5.60 Å². The summed E-state index contributed by atoms with van der Waals surface area (Å²) in [4.78, 5) is 12.0. The summed E-state index contributed by atoms with van der Waals surface area (Å²) in [5, 5.41) is 10.8. The number of carbonyl (C=O) groups excluding carboxylic acids is 1. The summed E-state index contributed by atoms with van der Waals surface area (Å²) < 4.78 is 12.5. The number of rotatable bonds is 1. The van der Waals surface area contributed by atoms with Crippen LogP contribution in [0.4, 0.5) is 0 Å². The molecule has 4 nitrogen and oxygen atoms in total. The molecule has 5 rings (SSSR count). The molecule has 152 valence electrons. The van der Waals surface area contributed by atoms with E-state index in [1.165, 1.54) is 25.7 Å². The van der Waals surface area contributed by atoms with Gasteiger partial charge < -0.3 is 14.6 Å². The Morgan fingerprint density at radius 1 is 0.926 bits per heavy atom. The molecule has 5 aliphatic rings. The Morgan fingerprint density at radius 2 is 1.63 bits per heavy atom. The molecule has 0 amide bonds. The van der Waals surface area contributed by atoms with Crippen molar-refractivity contribution in [1.82, 2.24) is 0 Å². The highest BCUT2D eigenvalue weighted by Crippen LogP contribution is 2.69. The molecule has 5 fully saturated rings. The van der Waals surface area contributed by atoms with E-state index in [0.717, 1.165) is 44.3 Å². The predicted octanol–water partition coefficient (Wildman–Crippen LogP) is 4.09. The van der Waals surface area contributed by atoms with Gasteiger partial charge in [0.15, 0.2) is 11.6 Å². The predicted molar refractivity (Wildman–Crippen MR) is 102 cm³/mol. The van der Waals surface area contributed by atoms with Gasteiger partial charge in [0.1, 0.15) is 5.60 Å². The van der Waals surface area contributed by atoms with E-state index in [9.17, 15) is 9.90 Å². The fourth-order valence-electron chi connectivity index (χ4n) is 8.45. The zero-order chi connectivity index (χ0) is 19.1. The largest absolute Gasteiger partial charge is 0.382 e. The zero-order valence-corrected chi connectivity index (χ0v) is 17.3. The maximum Gasteiger partial charge on any atom is 0.174 e. The molecule has 0 aromatic rings. The van der Waals surface area contributed by atoms with Crippen LogP contribution >= 0.6 is 0 Å². The van der Waals surface area contributed by atoms with Crippen molar-refractivity contribution in [2.24, 2.45) is 34.5 Å². The Balaban J connectivity index is 1.42. The first-order valence-corrected chi connectivity index (χ1v) is 11.3. The number of fused-ring (bicyclic) bond motifs is 6. The van der Waals surface area contributed by atoms with Crippen molar-refractivity contribution in [3.05, 3.63) is 0 Å².